The number of ether oxygens (including phenoxy) is 1. The third kappa shape index (κ3) is 3.14. The van der Waals surface area contributed by atoms with Crippen molar-refractivity contribution in [2.45, 2.75) is 13.5 Å². The van der Waals surface area contributed by atoms with Crippen molar-refractivity contribution in [2.24, 2.45) is 0 Å². The molecule has 1 heterocycles. The molecule has 100 valence electrons. The second-order valence-electron chi connectivity index (χ2n) is 3.94. The van der Waals surface area contributed by atoms with Crippen LogP contribution in [0.3, 0.4) is 0 Å². The molecule has 0 unspecified atom stereocenters. The van der Waals surface area contributed by atoms with Crippen molar-refractivity contribution in [3.63, 3.8) is 0 Å². The van der Waals surface area contributed by atoms with Gasteiger partial charge in [-0.05, 0) is 41.1 Å². The summed E-state index contributed by atoms with van der Waals surface area (Å²) in [4.78, 5) is 12.1. The molecule has 2 rings (SSSR count). The van der Waals surface area contributed by atoms with E-state index in [9.17, 15) is 4.79 Å². The van der Waals surface area contributed by atoms with Gasteiger partial charge in [0.25, 0.3) is 5.91 Å². The third-order valence-corrected chi connectivity index (χ3v) is 3.40. The van der Waals surface area contributed by atoms with Crippen LogP contribution in [-0.4, -0.2) is 18.2 Å². The monoisotopic (exact) mass is 324 g/mol. The van der Waals surface area contributed by atoms with E-state index in [2.05, 4.69) is 26.4 Å². The molecule has 0 bridgehead atoms. The van der Waals surface area contributed by atoms with Gasteiger partial charge in [-0.2, -0.15) is 0 Å². The standard InChI is InChI=1S/C13H13BrN2O3/c1-8-9(7-16-19-8)6-15-13(17)11-5-10(18-2)3-4-12(11)14/h3-5,7H,6H2,1-2H3,(H,15,17). The summed E-state index contributed by atoms with van der Waals surface area (Å²) >= 11 is 3.35. The summed E-state index contributed by atoms with van der Waals surface area (Å²) in [6.07, 6.45) is 1.59. The molecule has 0 aliphatic heterocycles. The summed E-state index contributed by atoms with van der Waals surface area (Å²) in [5.41, 5.74) is 1.38. The van der Waals surface area contributed by atoms with Gasteiger partial charge in [-0.1, -0.05) is 5.16 Å². The molecule has 0 aliphatic rings. The molecule has 0 aliphatic carbocycles. The molecule has 1 N–H and O–H groups in total. The van der Waals surface area contributed by atoms with Gasteiger partial charge in [0.15, 0.2) is 0 Å². The van der Waals surface area contributed by atoms with Gasteiger partial charge < -0.3 is 14.6 Å². The van der Waals surface area contributed by atoms with E-state index in [1.54, 1.807) is 38.4 Å². The number of carbonyl (C=O) groups is 1. The van der Waals surface area contributed by atoms with Crippen LogP contribution in [0.15, 0.2) is 33.4 Å². The number of benzene rings is 1. The van der Waals surface area contributed by atoms with E-state index in [-0.39, 0.29) is 5.91 Å². The fourth-order valence-electron chi connectivity index (χ4n) is 1.56. The lowest BCUT2D eigenvalue weighted by molar-refractivity contribution is 0.0949. The Hall–Kier alpha value is -1.82. The lowest BCUT2D eigenvalue weighted by atomic mass is 10.2. The topological polar surface area (TPSA) is 64.4 Å². The van der Waals surface area contributed by atoms with Gasteiger partial charge in [0.2, 0.25) is 0 Å². The minimum Gasteiger partial charge on any atom is -0.497 e. The Bertz CT molecular complexity index is 595. The van der Waals surface area contributed by atoms with Gasteiger partial charge in [0.05, 0.1) is 18.9 Å². The maximum atomic E-state index is 12.1. The molecule has 6 heteroatoms. The van der Waals surface area contributed by atoms with E-state index in [1.807, 2.05) is 0 Å². The fraction of sp³-hybridized carbons (Fsp3) is 0.231. The second-order valence-corrected chi connectivity index (χ2v) is 4.79. The zero-order chi connectivity index (χ0) is 13.8. The highest BCUT2D eigenvalue weighted by Crippen LogP contribution is 2.22. The highest BCUT2D eigenvalue weighted by Gasteiger charge is 2.12. The van der Waals surface area contributed by atoms with Gasteiger partial charge in [-0.3, -0.25) is 4.79 Å². The first-order chi connectivity index (χ1) is 9.11. The summed E-state index contributed by atoms with van der Waals surface area (Å²) in [7, 11) is 1.56. The van der Waals surface area contributed by atoms with Crippen LogP contribution in [0.4, 0.5) is 0 Å². The van der Waals surface area contributed by atoms with E-state index in [0.717, 1.165) is 5.56 Å². The summed E-state index contributed by atoms with van der Waals surface area (Å²) in [6, 6.07) is 5.24. The number of hydrogen-bond acceptors (Lipinski definition) is 4. The minimum atomic E-state index is -0.189. The maximum Gasteiger partial charge on any atom is 0.252 e. The number of carbonyl (C=O) groups excluding carboxylic acids is 1. The molecule has 0 radical (unpaired) electrons. The van der Waals surface area contributed by atoms with Crippen molar-refractivity contribution in [1.82, 2.24) is 10.5 Å². The summed E-state index contributed by atoms with van der Waals surface area (Å²) in [6.45, 7) is 2.17. The average molecular weight is 325 g/mol. The molecule has 0 spiro atoms. The Kier molecular flexibility index (Phi) is 4.21. The summed E-state index contributed by atoms with van der Waals surface area (Å²) in [5, 5.41) is 6.47. The third-order valence-electron chi connectivity index (χ3n) is 2.71. The smallest absolute Gasteiger partial charge is 0.252 e. The van der Waals surface area contributed by atoms with Gasteiger partial charge in [-0.15, -0.1) is 0 Å². The number of methoxy groups -OCH3 is 1. The lowest BCUT2D eigenvalue weighted by Crippen LogP contribution is -2.23. The Morgan fingerprint density at radius 2 is 2.32 bits per heavy atom. The number of aryl methyl sites for hydroxylation is 1. The Balaban J connectivity index is 2.10. The molecule has 0 atom stereocenters. The van der Waals surface area contributed by atoms with Gasteiger partial charge in [-0.25, -0.2) is 0 Å². The molecular formula is C13H13BrN2O3. The molecular weight excluding hydrogens is 312 g/mol. The predicted molar refractivity (Wildman–Crippen MR) is 73.1 cm³/mol. The van der Waals surface area contributed by atoms with Crippen molar-refractivity contribution in [1.29, 1.82) is 0 Å². The van der Waals surface area contributed by atoms with Gasteiger partial charge in [0.1, 0.15) is 11.5 Å². The van der Waals surface area contributed by atoms with Crippen molar-refractivity contribution >= 4 is 21.8 Å². The molecule has 0 fully saturated rings. The first-order valence-electron chi connectivity index (χ1n) is 5.63. The SMILES string of the molecule is COc1ccc(Br)c(C(=O)NCc2cnoc2C)c1. The number of aromatic nitrogens is 1. The summed E-state index contributed by atoms with van der Waals surface area (Å²) in [5.74, 6) is 1.14. The summed E-state index contributed by atoms with van der Waals surface area (Å²) < 4.78 is 10.8. The van der Waals surface area contributed by atoms with Gasteiger partial charge >= 0.3 is 0 Å². The van der Waals surface area contributed by atoms with E-state index >= 15 is 0 Å². The van der Waals surface area contributed by atoms with E-state index in [4.69, 9.17) is 9.26 Å². The number of nitrogens with one attached hydrogen (secondary N) is 1. The number of nitrogens with zero attached hydrogens (tertiary/aromatic N) is 1. The second kappa shape index (κ2) is 5.88. The molecule has 0 saturated heterocycles. The number of amides is 1. The molecule has 0 saturated carbocycles. The first kappa shape index (κ1) is 13.6. The van der Waals surface area contributed by atoms with Crippen LogP contribution < -0.4 is 10.1 Å². The Morgan fingerprint density at radius 1 is 1.53 bits per heavy atom. The molecule has 2 aromatic rings. The van der Waals surface area contributed by atoms with Crippen molar-refractivity contribution in [3.05, 3.63) is 45.8 Å². The van der Waals surface area contributed by atoms with Crippen LogP contribution in [-0.2, 0) is 6.54 Å². The number of hydrogen-bond donors (Lipinski definition) is 1. The van der Waals surface area contributed by atoms with Crippen LogP contribution in [0.1, 0.15) is 21.7 Å². The zero-order valence-corrected chi connectivity index (χ0v) is 12.2. The van der Waals surface area contributed by atoms with Crippen LogP contribution in [0, 0.1) is 6.92 Å². The molecule has 19 heavy (non-hydrogen) atoms. The fourth-order valence-corrected chi connectivity index (χ4v) is 1.99. The largest absolute Gasteiger partial charge is 0.497 e. The molecule has 5 nitrogen and oxygen atoms in total. The lowest BCUT2D eigenvalue weighted by Gasteiger charge is -2.08. The van der Waals surface area contributed by atoms with E-state index in [1.165, 1.54) is 0 Å². The van der Waals surface area contributed by atoms with Crippen molar-refractivity contribution in [3.8, 4) is 5.75 Å². The minimum absolute atomic E-state index is 0.189. The van der Waals surface area contributed by atoms with E-state index < -0.39 is 0 Å². The van der Waals surface area contributed by atoms with Crippen LogP contribution in [0.25, 0.3) is 0 Å². The Labute approximate surface area is 119 Å². The van der Waals surface area contributed by atoms with Crippen LogP contribution in [0.2, 0.25) is 0 Å². The average Bonchev–Trinajstić information content (AvgIpc) is 2.82. The molecule has 1 amide bonds. The van der Waals surface area contributed by atoms with Crippen molar-refractivity contribution < 1.29 is 14.1 Å². The van der Waals surface area contributed by atoms with Crippen LogP contribution >= 0.6 is 15.9 Å². The van der Waals surface area contributed by atoms with Crippen molar-refractivity contribution in [2.75, 3.05) is 7.11 Å². The zero-order valence-electron chi connectivity index (χ0n) is 10.6. The Morgan fingerprint density at radius 3 is 2.95 bits per heavy atom. The highest BCUT2D eigenvalue weighted by atomic mass is 79.9. The van der Waals surface area contributed by atoms with Gasteiger partial charge in [0, 0.05) is 16.6 Å². The number of rotatable bonds is 4. The highest BCUT2D eigenvalue weighted by molar-refractivity contribution is 9.10. The molecule has 1 aromatic heterocycles. The normalized spacial score (nSPS) is 10.3. The quantitative estimate of drug-likeness (QED) is 0.939. The number of halogens is 1. The molecule has 1 aromatic carbocycles. The van der Waals surface area contributed by atoms with Crippen LogP contribution in [0.5, 0.6) is 5.75 Å². The maximum absolute atomic E-state index is 12.1. The first-order valence-corrected chi connectivity index (χ1v) is 6.43. The van der Waals surface area contributed by atoms with E-state index in [0.29, 0.717) is 28.1 Å². The predicted octanol–water partition coefficient (Wildman–Crippen LogP) is 2.68.